The zero-order valence-electron chi connectivity index (χ0n) is 14.0. The fourth-order valence-electron chi connectivity index (χ4n) is 1.92. The van der Waals surface area contributed by atoms with Gasteiger partial charge in [0.2, 0.25) is 0 Å². The molecular weight excluding hydrogens is 306 g/mol. The molecule has 0 saturated carbocycles. The summed E-state index contributed by atoms with van der Waals surface area (Å²) in [6.07, 6.45) is 0. The van der Waals surface area contributed by atoms with E-state index in [0.717, 1.165) is 11.3 Å². The van der Waals surface area contributed by atoms with Gasteiger partial charge in [-0.15, -0.1) is 0 Å². The summed E-state index contributed by atoms with van der Waals surface area (Å²) in [6, 6.07) is 14.1. The molecule has 0 aliphatic heterocycles. The normalized spacial score (nSPS) is 9.96. The lowest BCUT2D eigenvalue weighted by molar-refractivity contribution is -0.130. The predicted octanol–water partition coefficient (Wildman–Crippen LogP) is 3.11. The molecule has 0 fully saturated rings. The number of carbonyl (C=O) groups excluding carboxylic acids is 2. The minimum Gasteiger partial charge on any atom is -0.484 e. The smallest absolute Gasteiger partial charge is 0.323 e. The van der Waals surface area contributed by atoms with Crippen molar-refractivity contribution in [1.82, 2.24) is 4.90 Å². The van der Waals surface area contributed by atoms with Gasteiger partial charge in [0.1, 0.15) is 5.75 Å². The SMILES string of the molecule is Cc1cccc(NC(=O)Nc2ccc(OCC(=O)N(C)C)cc2)c1. The fraction of sp³-hybridized carbons (Fsp3) is 0.222. The van der Waals surface area contributed by atoms with E-state index in [9.17, 15) is 9.59 Å². The van der Waals surface area contributed by atoms with E-state index in [4.69, 9.17) is 4.74 Å². The molecule has 2 rings (SSSR count). The Morgan fingerprint density at radius 1 is 1.00 bits per heavy atom. The number of nitrogens with one attached hydrogen (secondary N) is 2. The number of likely N-dealkylation sites (N-methyl/N-ethyl adjacent to an activating group) is 1. The maximum Gasteiger partial charge on any atom is 0.323 e. The highest BCUT2D eigenvalue weighted by atomic mass is 16.5. The molecule has 0 unspecified atom stereocenters. The van der Waals surface area contributed by atoms with E-state index >= 15 is 0 Å². The largest absolute Gasteiger partial charge is 0.484 e. The first kappa shape index (κ1) is 17.3. The van der Waals surface area contributed by atoms with E-state index in [-0.39, 0.29) is 18.5 Å². The highest BCUT2D eigenvalue weighted by molar-refractivity contribution is 5.99. The third-order valence-corrected chi connectivity index (χ3v) is 3.25. The van der Waals surface area contributed by atoms with Gasteiger partial charge in [-0.2, -0.15) is 0 Å². The summed E-state index contributed by atoms with van der Waals surface area (Å²) < 4.78 is 5.38. The lowest BCUT2D eigenvalue weighted by atomic mass is 10.2. The van der Waals surface area contributed by atoms with Crippen LogP contribution in [0.2, 0.25) is 0 Å². The van der Waals surface area contributed by atoms with Crippen molar-refractivity contribution in [2.75, 3.05) is 31.3 Å². The van der Waals surface area contributed by atoms with Crippen LogP contribution in [-0.4, -0.2) is 37.5 Å². The third-order valence-electron chi connectivity index (χ3n) is 3.25. The zero-order chi connectivity index (χ0) is 17.5. The summed E-state index contributed by atoms with van der Waals surface area (Å²) in [5.41, 5.74) is 2.43. The zero-order valence-corrected chi connectivity index (χ0v) is 14.0. The number of urea groups is 1. The molecule has 2 N–H and O–H groups in total. The van der Waals surface area contributed by atoms with Crippen molar-refractivity contribution >= 4 is 23.3 Å². The maximum absolute atomic E-state index is 12.0. The second-order valence-electron chi connectivity index (χ2n) is 5.55. The van der Waals surface area contributed by atoms with Crippen LogP contribution in [0.15, 0.2) is 48.5 Å². The maximum atomic E-state index is 12.0. The summed E-state index contributed by atoms with van der Waals surface area (Å²) in [7, 11) is 3.34. The first-order valence-corrected chi connectivity index (χ1v) is 7.52. The van der Waals surface area contributed by atoms with Crippen LogP contribution < -0.4 is 15.4 Å². The molecule has 24 heavy (non-hydrogen) atoms. The van der Waals surface area contributed by atoms with E-state index in [1.807, 2.05) is 31.2 Å². The molecule has 0 aliphatic carbocycles. The lowest BCUT2D eigenvalue weighted by Gasteiger charge is -2.12. The average molecular weight is 327 g/mol. The van der Waals surface area contributed by atoms with Crippen LogP contribution in [0.1, 0.15) is 5.56 Å². The van der Waals surface area contributed by atoms with E-state index in [1.165, 1.54) is 4.90 Å². The minimum absolute atomic E-state index is 0.0202. The minimum atomic E-state index is -0.322. The number of benzene rings is 2. The van der Waals surface area contributed by atoms with Gasteiger partial charge in [-0.05, 0) is 48.9 Å². The number of amides is 3. The number of rotatable bonds is 5. The Balaban J connectivity index is 1.87. The van der Waals surface area contributed by atoms with Crippen LogP contribution in [0.5, 0.6) is 5.75 Å². The van der Waals surface area contributed by atoms with Crippen molar-refractivity contribution in [3.63, 3.8) is 0 Å². The second kappa shape index (κ2) is 8.01. The van der Waals surface area contributed by atoms with Crippen molar-refractivity contribution in [3.05, 3.63) is 54.1 Å². The van der Waals surface area contributed by atoms with Crippen LogP contribution in [0.3, 0.4) is 0 Å². The number of carbonyl (C=O) groups is 2. The predicted molar refractivity (Wildman–Crippen MR) is 94.5 cm³/mol. The summed E-state index contributed by atoms with van der Waals surface area (Å²) in [5.74, 6) is 0.449. The molecule has 0 spiro atoms. The Hall–Kier alpha value is -3.02. The van der Waals surface area contributed by atoms with Crippen molar-refractivity contribution in [1.29, 1.82) is 0 Å². The number of hydrogen-bond acceptors (Lipinski definition) is 3. The molecule has 0 aliphatic rings. The molecule has 6 heteroatoms. The van der Waals surface area contributed by atoms with Gasteiger partial charge in [0.25, 0.3) is 5.91 Å². The molecule has 126 valence electrons. The summed E-state index contributed by atoms with van der Waals surface area (Å²) in [5, 5.41) is 5.51. The molecule has 3 amide bonds. The monoisotopic (exact) mass is 327 g/mol. The van der Waals surface area contributed by atoms with Crippen LogP contribution in [0, 0.1) is 6.92 Å². The molecule has 0 radical (unpaired) electrons. The first-order valence-electron chi connectivity index (χ1n) is 7.52. The summed E-state index contributed by atoms with van der Waals surface area (Å²) in [4.78, 5) is 24.9. The fourth-order valence-corrected chi connectivity index (χ4v) is 1.92. The van der Waals surface area contributed by atoms with E-state index in [0.29, 0.717) is 11.4 Å². The molecule has 2 aromatic rings. The van der Waals surface area contributed by atoms with Gasteiger partial charge in [0.15, 0.2) is 6.61 Å². The van der Waals surface area contributed by atoms with Crippen molar-refractivity contribution < 1.29 is 14.3 Å². The van der Waals surface area contributed by atoms with Gasteiger partial charge in [0, 0.05) is 25.5 Å². The standard InChI is InChI=1S/C18H21N3O3/c1-13-5-4-6-15(11-13)20-18(23)19-14-7-9-16(10-8-14)24-12-17(22)21(2)3/h4-11H,12H2,1-3H3,(H2,19,20,23). The van der Waals surface area contributed by atoms with Crippen LogP contribution in [0.4, 0.5) is 16.2 Å². The number of nitrogens with zero attached hydrogens (tertiary/aromatic N) is 1. The number of aryl methyl sites for hydroxylation is 1. The molecular formula is C18H21N3O3. The Labute approximate surface area is 141 Å². The van der Waals surface area contributed by atoms with Crippen LogP contribution >= 0.6 is 0 Å². The molecule has 2 aromatic carbocycles. The van der Waals surface area contributed by atoms with Crippen molar-refractivity contribution in [2.45, 2.75) is 6.92 Å². The number of ether oxygens (including phenoxy) is 1. The van der Waals surface area contributed by atoms with E-state index in [2.05, 4.69) is 10.6 Å². The summed E-state index contributed by atoms with van der Waals surface area (Å²) in [6.45, 7) is 1.94. The first-order chi connectivity index (χ1) is 11.4. The van der Waals surface area contributed by atoms with Crippen molar-refractivity contribution in [3.8, 4) is 5.75 Å². The molecule has 0 aromatic heterocycles. The number of anilines is 2. The quantitative estimate of drug-likeness (QED) is 0.886. The third kappa shape index (κ3) is 5.31. The van der Waals surface area contributed by atoms with Gasteiger partial charge in [-0.25, -0.2) is 4.79 Å². The number of hydrogen-bond donors (Lipinski definition) is 2. The van der Waals surface area contributed by atoms with E-state index in [1.54, 1.807) is 38.4 Å². The van der Waals surface area contributed by atoms with Gasteiger partial charge in [-0.1, -0.05) is 12.1 Å². The molecule has 0 saturated heterocycles. The average Bonchev–Trinajstić information content (AvgIpc) is 2.53. The molecule has 0 heterocycles. The van der Waals surface area contributed by atoms with Gasteiger partial charge >= 0.3 is 6.03 Å². The van der Waals surface area contributed by atoms with Gasteiger partial charge in [-0.3, -0.25) is 4.79 Å². The second-order valence-corrected chi connectivity index (χ2v) is 5.55. The van der Waals surface area contributed by atoms with Gasteiger partial charge in [0.05, 0.1) is 0 Å². The molecule has 0 bridgehead atoms. The van der Waals surface area contributed by atoms with E-state index < -0.39 is 0 Å². The topological polar surface area (TPSA) is 70.7 Å². The Morgan fingerprint density at radius 3 is 2.29 bits per heavy atom. The Kier molecular flexibility index (Phi) is 5.78. The highest BCUT2D eigenvalue weighted by Gasteiger charge is 2.06. The van der Waals surface area contributed by atoms with Gasteiger partial charge < -0.3 is 20.3 Å². The Bertz CT molecular complexity index is 712. The Morgan fingerprint density at radius 2 is 1.67 bits per heavy atom. The summed E-state index contributed by atoms with van der Waals surface area (Å²) >= 11 is 0. The van der Waals surface area contributed by atoms with Crippen LogP contribution in [-0.2, 0) is 4.79 Å². The molecule has 0 atom stereocenters. The molecule has 6 nitrogen and oxygen atoms in total. The van der Waals surface area contributed by atoms with Crippen LogP contribution in [0.25, 0.3) is 0 Å². The lowest BCUT2D eigenvalue weighted by Crippen LogP contribution is -2.27. The van der Waals surface area contributed by atoms with Crippen molar-refractivity contribution in [2.24, 2.45) is 0 Å². The highest BCUT2D eigenvalue weighted by Crippen LogP contribution is 2.16.